The maximum absolute atomic E-state index is 13.5. The van der Waals surface area contributed by atoms with Crippen LogP contribution in [0.25, 0.3) is 0 Å². The Morgan fingerprint density at radius 3 is 2.66 bits per heavy atom. The molecule has 0 radical (unpaired) electrons. The fourth-order valence-corrected chi connectivity index (χ4v) is 3.74. The molecule has 0 saturated heterocycles. The van der Waals surface area contributed by atoms with Gasteiger partial charge in [-0.3, -0.25) is 14.6 Å². The molecule has 0 saturated carbocycles. The predicted molar refractivity (Wildman–Crippen MR) is 124 cm³/mol. The van der Waals surface area contributed by atoms with Crippen LogP contribution in [-0.4, -0.2) is 39.3 Å². The van der Waals surface area contributed by atoms with Crippen LogP contribution >= 0.6 is 0 Å². The van der Waals surface area contributed by atoms with E-state index in [9.17, 15) is 9.59 Å². The molecule has 0 atom stereocenters. The minimum absolute atomic E-state index is 0.0277. The van der Waals surface area contributed by atoms with Crippen LogP contribution in [0.4, 0.5) is 11.5 Å². The van der Waals surface area contributed by atoms with Crippen molar-refractivity contribution in [2.75, 3.05) is 16.8 Å². The summed E-state index contributed by atoms with van der Waals surface area (Å²) in [5.41, 5.74) is 3.98. The van der Waals surface area contributed by atoms with E-state index in [4.69, 9.17) is 0 Å². The van der Waals surface area contributed by atoms with Crippen molar-refractivity contribution < 1.29 is 9.59 Å². The summed E-state index contributed by atoms with van der Waals surface area (Å²) < 4.78 is 0. The van der Waals surface area contributed by atoms with Gasteiger partial charge in [0.2, 0.25) is 5.91 Å². The number of rotatable bonds is 6. The van der Waals surface area contributed by atoms with Crippen LogP contribution in [0.15, 0.2) is 60.9 Å². The lowest BCUT2D eigenvalue weighted by Gasteiger charge is -2.31. The standard InChI is InChI=1S/C25H27N5O2/c1-17(2)29(16-21-18(3)8-7-11-26-21)25(32)20-12-22-24(27-13-20)28-14-23(31)30(22)15-19-9-5-4-6-10-19/h4-13,17H,14-16H2,1-3H3,(H,27,28). The van der Waals surface area contributed by atoms with Gasteiger partial charge in [0.1, 0.15) is 0 Å². The zero-order chi connectivity index (χ0) is 22.7. The third-order valence-corrected chi connectivity index (χ3v) is 5.62. The predicted octanol–water partition coefficient (Wildman–Crippen LogP) is 3.79. The van der Waals surface area contributed by atoms with Gasteiger partial charge in [-0.15, -0.1) is 0 Å². The van der Waals surface area contributed by atoms with Gasteiger partial charge in [0, 0.05) is 18.4 Å². The smallest absolute Gasteiger partial charge is 0.256 e. The molecule has 7 heteroatoms. The Labute approximate surface area is 188 Å². The van der Waals surface area contributed by atoms with Gasteiger partial charge in [-0.2, -0.15) is 0 Å². The number of nitrogens with zero attached hydrogens (tertiary/aromatic N) is 4. The monoisotopic (exact) mass is 429 g/mol. The van der Waals surface area contributed by atoms with Gasteiger partial charge in [-0.1, -0.05) is 36.4 Å². The first-order valence-electron chi connectivity index (χ1n) is 10.7. The molecule has 3 heterocycles. The molecule has 164 valence electrons. The van der Waals surface area contributed by atoms with Gasteiger partial charge in [-0.05, 0) is 44.0 Å². The van der Waals surface area contributed by atoms with Crippen molar-refractivity contribution in [3.63, 3.8) is 0 Å². The summed E-state index contributed by atoms with van der Waals surface area (Å²) in [6.45, 7) is 6.96. The Hall–Kier alpha value is -3.74. The van der Waals surface area contributed by atoms with Crippen LogP contribution in [0, 0.1) is 6.92 Å². The normalized spacial score (nSPS) is 13.0. The average molecular weight is 430 g/mol. The average Bonchev–Trinajstić information content (AvgIpc) is 2.80. The van der Waals surface area contributed by atoms with Gasteiger partial charge < -0.3 is 15.1 Å². The number of fused-ring (bicyclic) bond motifs is 1. The highest BCUT2D eigenvalue weighted by atomic mass is 16.2. The molecule has 32 heavy (non-hydrogen) atoms. The molecule has 4 rings (SSSR count). The Balaban J connectivity index is 1.64. The molecule has 1 N–H and O–H groups in total. The highest BCUT2D eigenvalue weighted by molar-refractivity contribution is 6.04. The third-order valence-electron chi connectivity index (χ3n) is 5.62. The molecule has 7 nitrogen and oxygen atoms in total. The van der Waals surface area contributed by atoms with Gasteiger partial charge in [0.25, 0.3) is 5.91 Å². The lowest BCUT2D eigenvalue weighted by molar-refractivity contribution is -0.117. The van der Waals surface area contributed by atoms with E-state index in [-0.39, 0.29) is 24.4 Å². The summed E-state index contributed by atoms with van der Waals surface area (Å²) in [6.07, 6.45) is 3.32. The van der Waals surface area contributed by atoms with Crippen molar-refractivity contribution in [3.05, 3.63) is 83.3 Å². The number of amides is 2. The molecule has 1 aromatic carbocycles. The Bertz CT molecular complexity index is 1130. The highest BCUT2D eigenvalue weighted by Gasteiger charge is 2.28. The second kappa shape index (κ2) is 9.18. The summed E-state index contributed by atoms with van der Waals surface area (Å²) in [7, 11) is 0. The van der Waals surface area contributed by atoms with E-state index < -0.39 is 0 Å². The van der Waals surface area contributed by atoms with Gasteiger partial charge in [0.05, 0.1) is 36.6 Å². The first kappa shape index (κ1) is 21.5. The van der Waals surface area contributed by atoms with Gasteiger partial charge in [-0.25, -0.2) is 4.98 Å². The number of carbonyl (C=O) groups is 2. The highest BCUT2D eigenvalue weighted by Crippen LogP contribution is 2.30. The van der Waals surface area contributed by atoms with Crippen LogP contribution in [0.3, 0.4) is 0 Å². The Kier molecular flexibility index (Phi) is 6.16. The van der Waals surface area contributed by atoms with Crippen molar-refractivity contribution in [2.45, 2.75) is 39.9 Å². The van der Waals surface area contributed by atoms with E-state index in [0.29, 0.717) is 30.2 Å². The molecule has 0 spiro atoms. The molecule has 3 aromatic rings. The van der Waals surface area contributed by atoms with Crippen molar-refractivity contribution in [2.24, 2.45) is 0 Å². The minimum atomic E-state index is -0.141. The number of benzene rings is 1. The van der Waals surface area contributed by atoms with Gasteiger partial charge in [0.15, 0.2) is 5.82 Å². The van der Waals surface area contributed by atoms with Gasteiger partial charge >= 0.3 is 0 Å². The van der Waals surface area contributed by atoms with Crippen molar-refractivity contribution in [1.82, 2.24) is 14.9 Å². The molecule has 0 unspecified atom stereocenters. The molecule has 0 fully saturated rings. The molecular formula is C25H27N5O2. The number of pyridine rings is 2. The summed E-state index contributed by atoms with van der Waals surface area (Å²) in [6, 6.07) is 15.4. The van der Waals surface area contributed by atoms with Crippen LogP contribution in [0.2, 0.25) is 0 Å². The van der Waals surface area contributed by atoms with Crippen LogP contribution in [0.5, 0.6) is 0 Å². The van der Waals surface area contributed by atoms with Crippen molar-refractivity contribution in [3.8, 4) is 0 Å². The summed E-state index contributed by atoms with van der Waals surface area (Å²) in [5, 5.41) is 3.06. The number of nitrogens with one attached hydrogen (secondary N) is 1. The fraction of sp³-hybridized carbons (Fsp3) is 0.280. The molecule has 2 amide bonds. The number of carbonyl (C=O) groups excluding carboxylic acids is 2. The molecule has 1 aliphatic heterocycles. The zero-order valence-corrected chi connectivity index (χ0v) is 18.6. The largest absolute Gasteiger partial charge is 0.359 e. The number of hydrogen-bond acceptors (Lipinski definition) is 5. The van der Waals surface area contributed by atoms with Crippen LogP contribution in [0.1, 0.15) is 41.0 Å². The molecular weight excluding hydrogens is 402 g/mol. The SMILES string of the molecule is Cc1cccnc1CN(C(=O)c1cnc2c(c1)N(Cc1ccccc1)C(=O)CN2)C(C)C. The van der Waals surface area contributed by atoms with Crippen molar-refractivity contribution in [1.29, 1.82) is 0 Å². The van der Waals surface area contributed by atoms with E-state index in [2.05, 4.69) is 15.3 Å². The fourth-order valence-electron chi connectivity index (χ4n) is 3.74. The topological polar surface area (TPSA) is 78.4 Å². The lowest BCUT2D eigenvalue weighted by Crippen LogP contribution is -2.40. The van der Waals surface area contributed by atoms with E-state index in [1.54, 1.807) is 28.3 Å². The maximum Gasteiger partial charge on any atom is 0.256 e. The second-order valence-electron chi connectivity index (χ2n) is 8.20. The Morgan fingerprint density at radius 2 is 1.94 bits per heavy atom. The quantitative estimate of drug-likeness (QED) is 0.645. The third kappa shape index (κ3) is 4.46. The number of anilines is 2. The number of aryl methyl sites for hydroxylation is 1. The summed E-state index contributed by atoms with van der Waals surface area (Å²) >= 11 is 0. The molecule has 0 aliphatic carbocycles. The first-order chi connectivity index (χ1) is 15.4. The molecule has 0 bridgehead atoms. The van der Waals surface area contributed by atoms with Crippen molar-refractivity contribution >= 4 is 23.3 Å². The van der Waals surface area contributed by atoms with E-state index >= 15 is 0 Å². The minimum Gasteiger partial charge on any atom is -0.359 e. The number of hydrogen-bond donors (Lipinski definition) is 1. The lowest BCUT2D eigenvalue weighted by atomic mass is 10.1. The number of aromatic nitrogens is 2. The summed E-state index contributed by atoms with van der Waals surface area (Å²) in [4.78, 5) is 38.5. The van der Waals surface area contributed by atoms with E-state index in [0.717, 1.165) is 16.8 Å². The summed E-state index contributed by atoms with van der Waals surface area (Å²) in [5.74, 6) is 0.407. The molecule has 1 aliphatic rings. The second-order valence-corrected chi connectivity index (χ2v) is 8.20. The maximum atomic E-state index is 13.5. The molecule has 2 aromatic heterocycles. The van der Waals surface area contributed by atoms with E-state index in [1.807, 2.05) is 63.2 Å². The first-order valence-corrected chi connectivity index (χ1v) is 10.7. The van der Waals surface area contributed by atoms with E-state index in [1.165, 1.54) is 0 Å². The zero-order valence-electron chi connectivity index (χ0n) is 18.6. The Morgan fingerprint density at radius 1 is 1.16 bits per heavy atom. The van der Waals surface area contributed by atoms with Crippen LogP contribution in [-0.2, 0) is 17.9 Å². The van der Waals surface area contributed by atoms with Crippen LogP contribution < -0.4 is 10.2 Å².